The van der Waals surface area contributed by atoms with Crippen molar-refractivity contribution in [1.82, 2.24) is 0 Å². The predicted octanol–water partition coefficient (Wildman–Crippen LogP) is 2.47. The minimum Gasteiger partial charge on any atom is -0.388 e. The highest BCUT2D eigenvalue weighted by molar-refractivity contribution is 7.91. The zero-order valence-electron chi connectivity index (χ0n) is 10.6. The van der Waals surface area contributed by atoms with Crippen molar-refractivity contribution in [1.29, 1.82) is 0 Å². The molecule has 0 heterocycles. The molecule has 0 aliphatic rings. The standard InChI is InChI=1S/C13H12N2O4S/c1-14-10-2-6-12(7-3-10)20(18,19)13-8-4-11(5-9-13)15(16)17/h2-9,14H,1H3. The predicted molar refractivity (Wildman–Crippen MR) is 74.5 cm³/mol. The number of nitrogens with zero attached hydrogens (tertiary/aromatic N) is 1. The normalized spacial score (nSPS) is 11.1. The van der Waals surface area contributed by atoms with Crippen LogP contribution in [0.5, 0.6) is 0 Å². The van der Waals surface area contributed by atoms with E-state index in [0.29, 0.717) is 0 Å². The van der Waals surface area contributed by atoms with Crippen molar-refractivity contribution in [2.45, 2.75) is 9.79 Å². The van der Waals surface area contributed by atoms with Gasteiger partial charge in [-0.15, -0.1) is 0 Å². The van der Waals surface area contributed by atoms with Crippen LogP contribution in [-0.2, 0) is 9.84 Å². The van der Waals surface area contributed by atoms with Crippen molar-refractivity contribution >= 4 is 21.2 Å². The molecule has 2 aromatic rings. The summed E-state index contributed by atoms with van der Waals surface area (Å²) in [7, 11) is -1.92. The van der Waals surface area contributed by atoms with E-state index < -0.39 is 14.8 Å². The summed E-state index contributed by atoms with van der Waals surface area (Å²) in [5.74, 6) is 0. The minimum absolute atomic E-state index is 0.0281. The summed E-state index contributed by atoms with van der Waals surface area (Å²) in [6.07, 6.45) is 0. The van der Waals surface area contributed by atoms with Crippen LogP contribution in [0.3, 0.4) is 0 Å². The molecule has 7 heteroatoms. The lowest BCUT2D eigenvalue weighted by Crippen LogP contribution is -2.02. The van der Waals surface area contributed by atoms with E-state index in [0.717, 1.165) is 5.69 Å². The Morgan fingerprint density at radius 3 is 1.80 bits per heavy atom. The van der Waals surface area contributed by atoms with E-state index in [1.807, 2.05) is 0 Å². The van der Waals surface area contributed by atoms with Crippen LogP contribution < -0.4 is 5.32 Å². The van der Waals surface area contributed by atoms with Gasteiger partial charge in [0.05, 0.1) is 14.7 Å². The summed E-state index contributed by atoms with van der Waals surface area (Å²) in [6, 6.07) is 11.1. The first-order valence-electron chi connectivity index (χ1n) is 5.72. The fraction of sp³-hybridized carbons (Fsp3) is 0.0769. The van der Waals surface area contributed by atoms with Crippen LogP contribution in [0.15, 0.2) is 58.3 Å². The van der Waals surface area contributed by atoms with Gasteiger partial charge in [-0.2, -0.15) is 0 Å². The third kappa shape index (κ3) is 2.62. The number of non-ortho nitro benzene ring substituents is 1. The van der Waals surface area contributed by atoms with Gasteiger partial charge < -0.3 is 5.32 Å². The number of sulfone groups is 1. The fourth-order valence-corrected chi connectivity index (χ4v) is 2.94. The Labute approximate surface area is 116 Å². The molecule has 0 aliphatic heterocycles. The first-order valence-corrected chi connectivity index (χ1v) is 7.21. The highest BCUT2D eigenvalue weighted by Gasteiger charge is 2.18. The highest BCUT2D eigenvalue weighted by atomic mass is 32.2. The Balaban J connectivity index is 2.40. The van der Waals surface area contributed by atoms with Gasteiger partial charge in [-0.05, 0) is 36.4 Å². The maximum Gasteiger partial charge on any atom is 0.269 e. The van der Waals surface area contributed by atoms with Crippen molar-refractivity contribution in [2.75, 3.05) is 12.4 Å². The molecule has 0 saturated carbocycles. The van der Waals surface area contributed by atoms with Crippen LogP contribution in [0, 0.1) is 10.1 Å². The molecular formula is C13H12N2O4S. The summed E-state index contributed by atoms with van der Waals surface area (Å²) in [5, 5.41) is 13.4. The molecule has 0 unspecified atom stereocenters. The Hall–Kier alpha value is -2.41. The molecular weight excluding hydrogens is 280 g/mol. The molecule has 0 amide bonds. The van der Waals surface area contributed by atoms with Crippen molar-refractivity contribution in [3.05, 3.63) is 58.6 Å². The first kappa shape index (κ1) is 14.0. The van der Waals surface area contributed by atoms with Crippen LogP contribution >= 0.6 is 0 Å². The van der Waals surface area contributed by atoms with E-state index in [1.165, 1.54) is 36.4 Å². The molecule has 0 saturated heterocycles. The molecule has 2 rings (SSSR count). The molecule has 6 nitrogen and oxygen atoms in total. The molecule has 0 spiro atoms. The molecule has 2 aromatic carbocycles. The average Bonchev–Trinajstić information content (AvgIpc) is 2.47. The molecule has 1 N–H and O–H groups in total. The zero-order chi connectivity index (χ0) is 14.8. The lowest BCUT2D eigenvalue weighted by atomic mass is 10.3. The monoisotopic (exact) mass is 292 g/mol. The van der Waals surface area contributed by atoms with Crippen LogP contribution in [0.25, 0.3) is 0 Å². The van der Waals surface area contributed by atoms with Gasteiger partial charge in [0, 0.05) is 24.9 Å². The summed E-state index contributed by atoms with van der Waals surface area (Å²) in [5.41, 5.74) is 0.655. The number of nitrogens with one attached hydrogen (secondary N) is 1. The number of nitro benzene ring substituents is 1. The lowest BCUT2D eigenvalue weighted by molar-refractivity contribution is -0.384. The molecule has 0 atom stereocenters. The van der Waals surface area contributed by atoms with Crippen molar-refractivity contribution in [3.8, 4) is 0 Å². The molecule has 0 fully saturated rings. The van der Waals surface area contributed by atoms with Crippen molar-refractivity contribution in [3.63, 3.8) is 0 Å². The van der Waals surface area contributed by atoms with E-state index in [4.69, 9.17) is 0 Å². The van der Waals surface area contributed by atoms with Crippen LogP contribution in [-0.4, -0.2) is 20.4 Å². The smallest absolute Gasteiger partial charge is 0.269 e. The van der Waals surface area contributed by atoms with Gasteiger partial charge in [0.1, 0.15) is 0 Å². The van der Waals surface area contributed by atoms with Gasteiger partial charge in [-0.25, -0.2) is 8.42 Å². The SMILES string of the molecule is CNc1ccc(S(=O)(=O)c2ccc([N+](=O)[O-])cc2)cc1. The van der Waals surface area contributed by atoms with Gasteiger partial charge in [0.25, 0.3) is 5.69 Å². The van der Waals surface area contributed by atoms with Crippen molar-refractivity contribution in [2.24, 2.45) is 0 Å². The lowest BCUT2D eigenvalue weighted by Gasteiger charge is -2.05. The van der Waals surface area contributed by atoms with E-state index in [1.54, 1.807) is 19.2 Å². The maximum atomic E-state index is 12.3. The van der Waals surface area contributed by atoms with Gasteiger partial charge >= 0.3 is 0 Å². The summed E-state index contributed by atoms with van der Waals surface area (Å²) >= 11 is 0. The third-order valence-corrected chi connectivity index (χ3v) is 4.60. The largest absolute Gasteiger partial charge is 0.388 e. The zero-order valence-corrected chi connectivity index (χ0v) is 11.4. The second kappa shape index (κ2) is 5.30. The second-order valence-corrected chi connectivity index (χ2v) is 5.98. The summed E-state index contributed by atoms with van der Waals surface area (Å²) in [6.45, 7) is 0. The first-order chi connectivity index (χ1) is 9.45. The summed E-state index contributed by atoms with van der Waals surface area (Å²) in [4.78, 5) is 10.2. The number of nitro groups is 1. The van der Waals surface area contributed by atoms with E-state index in [-0.39, 0.29) is 15.5 Å². The van der Waals surface area contributed by atoms with Gasteiger partial charge in [0.2, 0.25) is 9.84 Å². The molecule has 0 aromatic heterocycles. The molecule has 0 aliphatic carbocycles. The Kier molecular flexibility index (Phi) is 3.71. The number of hydrogen-bond acceptors (Lipinski definition) is 5. The summed E-state index contributed by atoms with van der Waals surface area (Å²) < 4.78 is 24.6. The van der Waals surface area contributed by atoms with Crippen LogP contribution in [0.2, 0.25) is 0 Å². The van der Waals surface area contributed by atoms with Crippen molar-refractivity contribution < 1.29 is 13.3 Å². The van der Waals surface area contributed by atoms with E-state index in [9.17, 15) is 18.5 Å². The van der Waals surface area contributed by atoms with Gasteiger partial charge in [-0.3, -0.25) is 10.1 Å². The average molecular weight is 292 g/mol. The third-order valence-electron chi connectivity index (χ3n) is 2.81. The fourth-order valence-electron chi connectivity index (χ4n) is 1.68. The number of rotatable bonds is 4. The van der Waals surface area contributed by atoms with Gasteiger partial charge in [-0.1, -0.05) is 0 Å². The Morgan fingerprint density at radius 1 is 0.950 bits per heavy atom. The Morgan fingerprint density at radius 2 is 1.40 bits per heavy atom. The van der Waals surface area contributed by atoms with E-state index in [2.05, 4.69) is 5.32 Å². The molecule has 20 heavy (non-hydrogen) atoms. The second-order valence-electron chi connectivity index (χ2n) is 4.03. The topological polar surface area (TPSA) is 89.3 Å². The Bertz CT molecular complexity index is 722. The molecule has 104 valence electrons. The number of benzene rings is 2. The quantitative estimate of drug-likeness (QED) is 0.690. The van der Waals surface area contributed by atoms with E-state index >= 15 is 0 Å². The minimum atomic E-state index is -3.66. The molecule has 0 bridgehead atoms. The number of hydrogen-bond donors (Lipinski definition) is 1. The van der Waals surface area contributed by atoms with Gasteiger partial charge in [0.15, 0.2) is 0 Å². The molecule has 0 radical (unpaired) electrons. The maximum absolute atomic E-state index is 12.3. The highest BCUT2D eigenvalue weighted by Crippen LogP contribution is 2.24. The number of anilines is 1. The van der Waals surface area contributed by atoms with Crippen LogP contribution in [0.1, 0.15) is 0 Å². The van der Waals surface area contributed by atoms with Crippen LogP contribution in [0.4, 0.5) is 11.4 Å².